The third-order valence-corrected chi connectivity index (χ3v) is 5.27. The van der Waals surface area contributed by atoms with Gasteiger partial charge in [0, 0.05) is 5.69 Å². The van der Waals surface area contributed by atoms with E-state index in [1.807, 2.05) is 25.1 Å². The van der Waals surface area contributed by atoms with Gasteiger partial charge in [0.05, 0.1) is 17.2 Å². The van der Waals surface area contributed by atoms with E-state index < -0.39 is 11.9 Å². The number of rotatable bonds is 9. The second kappa shape index (κ2) is 11.7. The van der Waals surface area contributed by atoms with E-state index in [0.717, 1.165) is 11.1 Å². The van der Waals surface area contributed by atoms with Gasteiger partial charge in [-0.15, -0.1) is 0 Å². The van der Waals surface area contributed by atoms with Crippen LogP contribution in [0.1, 0.15) is 34.0 Å². The summed E-state index contributed by atoms with van der Waals surface area (Å²) in [4.78, 5) is 23.7. The molecule has 0 heterocycles. The van der Waals surface area contributed by atoms with E-state index in [1.54, 1.807) is 43.3 Å². The van der Waals surface area contributed by atoms with Crippen LogP contribution in [0.2, 0.25) is 5.02 Å². The van der Waals surface area contributed by atoms with Gasteiger partial charge in [-0.2, -0.15) is 5.26 Å². The van der Waals surface area contributed by atoms with Crippen molar-refractivity contribution < 1.29 is 24.2 Å². The molecule has 0 aromatic heterocycles. The van der Waals surface area contributed by atoms with Crippen molar-refractivity contribution in [1.29, 1.82) is 5.26 Å². The first-order valence-electron chi connectivity index (χ1n) is 10.7. The highest BCUT2D eigenvalue weighted by Crippen LogP contribution is 2.38. The number of nitriles is 1. The average molecular weight is 491 g/mol. The number of carbonyl (C=O) groups excluding carboxylic acids is 1. The van der Waals surface area contributed by atoms with Crippen molar-refractivity contribution in [2.75, 3.05) is 11.9 Å². The molecule has 0 bridgehead atoms. The molecule has 178 valence electrons. The molecule has 8 heteroatoms. The van der Waals surface area contributed by atoms with Crippen LogP contribution in [0, 0.1) is 18.3 Å². The Balaban J connectivity index is 1.83. The fourth-order valence-corrected chi connectivity index (χ4v) is 3.47. The number of nitrogens with zero attached hydrogens (tertiary/aromatic N) is 1. The van der Waals surface area contributed by atoms with E-state index >= 15 is 0 Å². The van der Waals surface area contributed by atoms with Crippen LogP contribution in [0.15, 0.2) is 66.2 Å². The number of para-hydroxylation sites is 1. The summed E-state index contributed by atoms with van der Waals surface area (Å²) in [5, 5.41) is 21.6. The van der Waals surface area contributed by atoms with Gasteiger partial charge in [-0.05, 0) is 66.9 Å². The summed E-state index contributed by atoms with van der Waals surface area (Å²) in [5.41, 5.74) is 2.81. The molecule has 0 aliphatic carbocycles. The molecule has 35 heavy (non-hydrogen) atoms. The van der Waals surface area contributed by atoms with Crippen molar-refractivity contribution in [3.05, 3.63) is 93.5 Å². The second-order valence-electron chi connectivity index (χ2n) is 7.49. The lowest BCUT2D eigenvalue weighted by Crippen LogP contribution is -2.14. The van der Waals surface area contributed by atoms with E-state index in [2.05, 4.69) is 5.32 Å². The van der Waals surface area contributed by atoms with E-state index in [0.29, 0.717) is 29.4 Å². The van der Waals surface area contributed by atoms with Gasteiger partial charge < -0.3 is 19.9 Å². The number of hydrogen-bond acceptors (Lipinski definition) is 5. The maximum Gasteiger partial charge on any atom is 0.335 e. The Morgan fingerprint density at radius 1 is 1.11 bits per heavy atom. The number of nitrogens with one attached hydrogen (secondary N) is 1. The highest BCUT2D eigenvalue weighted by Gasteiger charge is 2.15. The highest BCUT2D eigenvalue weighted by molar-refractivity contribution is 6.32. The highest BCUT2D eigenvalue weighted by atomic mass is 35.5. The third kappa shape index (κ3) is 6.62. The molecule has 3 aromatic carbocycles. The van der Waals surface area contributed by atoms with Crippen LogP contribution in [0.5, 0.6) is 11.5 Å². The molecule has 7 nitrogen and oxygen atoms in total. The van der Waals surface area contributed by atoms with Gasteiger partial charge >= 0.3 is 5.97 Å². The number of amides is 1. The Kier molecular flexibility index (Phi) is 8.49. The summed E-state index contributed by atoms with van der Waals surface area (Å²) in [7, 11) is 0. The van der Waals surface area contributed by atoms with E-state index in [1.165, 1.54) is 18.2 Å². The summed E-state index contributed by atoms with van der Waals surface area (Å²) >= 11 is 6.46. The summed E-state index contributed by atoms with van der Waals surface area (Å²) in [5.74, 6) is -0.894. The lowest BCUT2D eigenvalue weighted by atomic mass is 10.1. The van der Waals surface area contributed by atoms with Crippen LogP contribution in [0.4, 0.5) is 5.69 Å². The molecule has 0 saturated heterocycles. The van der Waals surface area contributed by atoms with Gasteiger partial charge in [0.25, 0.3) is 5.91 Å². The molecular formula is C27H23ClN2O5. The SMILES string of the molecule is CCOc1cc(/C=C(\C#N)C(=O)Nc2ccccc2C)cc(Cl)c1OCc1ccc(C(=O)O)cc1. The smallest absolute Gasteiger partial charge is 0.335 e. The second-order valence-corrected chi connectivity index (χ2v) is 7.90. The van der Waals surface area contributed by atoms with Crippen molar-refractivity contribution in [3.8, 4) is 17.6 Å². The molecule has 0 saturated carbocycles. The summed E-state index contributed by atoms with van der Waals surface area (Å²) in [6.45, 7) is 4.14. The first kappa shape index (κ1) is 25.3. The van der Waals surface area contributed by atoms with Crippen LogP contribution in [0.3, 0.4) is 0 Å². The Morgan fingerprint density at radius 2 is 1.83 bits per heavy atom. The summed E-state index contributed by atoms with van der Waals surface area (Å²) in [6, 6.07) is 18.7. The largest absolute Gasteiger partial charge is 0.490 e. The van der Waals surface area contributed by atoms with Crippen LogP contribution in [-0.4, -0.2) is 23.6 Å². The van der Waals surface area contributed by atoms with E-state index in [9.17, 15) is 14.9 Å². The number of carboxylic acids is 1. The normalized spacial score (nSPS) is 10.9. The number of carbonyl (C=O) groups is 2. The molecule has 0 aliphatic rings. The predicted molar refractivity (Wildman–Crippen MR) is 134 cm³/mol. The maximum atomic E-state index is 12.7. The Labute approximate surface area is 208 Å². The van der Waals surface area contributed by atoms with Crippen molar-refractivity contribution in [3.63, 3.8) is 0 Å². The topological polar surface area (TPSA) is 109 Å². The zero-order valence-electron chi connectivity index (χ0n) is 19.2. The predicted octanol–water partition coefficient (Wildman–Crippen LogP) is 5.87. The fraction of sp³-hybridized carbons (Fsp3) is 0.148. The van der Waals surface area contributed by atoms with Crippen molar-refractivity contribution in [2.24, 2.45) is 0 Å². The molecule has 0 radical (unpaired) electrons. The minimum absolute atomic E-state index is 0.0982. The fourth-order valence-electron chi connectivity index (χ4n) is 3.19. The minimum Gasteiger partial charge on any atom is -0.490 e. The molecule has 0 fully saturated rings. The number of anilines is 1. The molecule has 0 unspecified atom stereocenters. The number of benzene rings is 3. The van der Waals surface area contributed by atoms with Gasteiger partial charge in [0.15, 0.2) is 11.5 Å². The maximum absolute atomic E-state index is 12.7. The Bertz CT molecular complexity index is 1310. The lowest BCUT2D eigenvalue weighted by molar-refractivity contribution is -0.112. The quantitative estimate of drug-likeness (QED) is 0.287. The molecule has 0 spiro atoms. The number of halogens is 1. The first-order valence-corrected chi connectivity index (χ1v) is 11.1. The molecule has 1 amide bonds. The van der Waals surface area contributed by atoms with Crippen molar-refractivity contribution in [1.82, 2.24) is 0 Å². The monoisotopic (exact) mass is 490 g/mol. The molecule has 3 aromatic rings. The van der Waals surface area contributed by atoms with Gasteiger partial charge in [-0.1, -0.05) is 41.9 Å². The van der Waals surface area contributed by atoms with E-state index in [-0.39, 0.29) is 22.8 Å². The van der Waals surface area contributed by atoms with E-state index in [4.69, 9.17) is 26.2 Å². The number of carboxylic acid groups (broad SMARTS) is 1. The number of ether oxygens (including phenoxy) is 2. The molecule has 3 rings (SSSR count). The Hall–Kier alpha value is -4.28. The minimum atomic E-state index is -1.01. The van der Waals surface area contributed by atoms with Gasteiger partial charge in [-0.3, -0.25) is 4.79 Å². The average Bonchev–Trinajstić information content (AvgIpc) is 2.83. The van der Waals surface area contributed by atoms with Crippen LogP contribution >= 0.6 is 11.6 Å². The molecule has 2 N–H and O–H groups in total. The standard InChI is InChI=1S/C27H23ClN2O5/c1-3-34-24-14-19(12-21(15-29)26(31)30-23-7-5-4-6-17(23)2)13-22(28)25(24)35-16-18-8-10-20(11-9-18)27(32)33/h4-14H,3,16H2,1-2H3,(H,30,31)(H,32,33)/b21-12+. The van der Waals surface area contributed by atoms with Crippen LogP contribution in [-0.2, 0) is 11.4 Å². The first-order chi connectivity index (χ1) is 16.8. The third-order valence-electron chi connectivity index (χ3n) is 4.99. The van der Waals surface area contributed by atoms with Crippen LogP contribution < -0.4 is 14.8 Å². The number of aryl methyl sites for hydroxylation is 1. The molecule has 0 atom stereocenters. The summed E-state index contributed by atoms with van der Waals surface area (Å²) in [6.07, 6.45) is 1.43. The number of hydrogen-bond donors (Lipinski definition) is 2. The zero-order chi connectivity index (χ0) is 25.4. The zero-order valence-corrected chi connectivity index (χ0v) is 19.9. The van der Waals surface area contributed by atoms with Gasteiger partial charge in [0.2, 0.25) is 0 Å². The lowest BCUT2D eigenvalue weighted by Gasteiger charge is -2.15. The van der Waals surface area contributed by atoms with Crippen molar-refractivity contribution in [2.45, 2.75) is 20.5 Å². The van der Waals surface area contributed by atoms with Crippen molar-refractivity contribution >= 4 is 35.2 Å². The van der Waals surface area contributed by atoms with Gasteiger partial charge in [-0.25, -0.2) is 4.79 Å². The van der Waals surface area contributed by atoms with Crippen LogP contribution in [0.25, 0.3) is 6.08 Å². The molecular weight excluding hydrogens is 468 g/mol. The molecule has 0 aliphatic heterocycles. The Morgan fingerprint density at radius 3 is 2.46 bits per heavy atom. The summed E-state index contributed by atoms with van der Waals surface area (Å²) < 4.78 is 11.5. The van der Waals surface area contributed by atoms with Gasteiger partial charge in [0.1, 0.15) is 18.2 Å². The number of aromatic carboxylic acids is 1.